The van der Waals surface area contributed by atoms with Crippen LogP contribution in [0.1, 0.15) is 34.5 Å². The van der Waals surface area contributed by atoms with E-state index in [9.17, 15) is 9.18 Å². The summed E-state index contributed by atoms with van der Waals surface area (Å²) in [4.78, 5) is 16.9. The minimum absolute atomic E-state index is 0.0314. The molecule has 1 N–H and O–H groups in total. The number of aromatic nitrogens is 3. The van der Waals surface area contributed by atoms with Gasteiger partial charge >= 0.3 is 0 Å². The van der Waals surface area contributed by atoms with E-state index in [2.05, 4.69) is 22.3 Å². The maximum absolute atomic E-state index is 12.9. The number of fused-ring (bicyclic) bond motifs is 1. The Morgan fingerprint density at radius 2 is 1.85 bits per heavy atom. The zero-order chi connectivity index (χ0) is 18.8. The van der Waals surface area contributed by atoms with Crippen LogP contribution in [0, 0.1) is 26.6 Å². The van der Waals surface area contributed by atoms with Crippen molar-refractivity contribution in [2.45, 2.75) is 40.2 Å². The minimum Gasteiger partial charge on any atom is -0.352 e. The van der Waals surface area contributed by atoms with Crippen LogP contribution in [0.3, 0.4) is 0 Å². The normalized spacial score (nSPS) is 11.1. The van der Waals surface area contributed by atoms with Gasteiger partial charge in [-0.3, -0.25) is 9.48 Å². The van der Waals surface area contributed by atoms with Crippen LogP contribution in [0.25, 0.3) is 11.0 Å². The Morgan fingerprint density at radius 3 is 2.54 bits per heavy atom. The molecule has 0 saturated heterocycles. The zero-order valence-corrected chi connectivity index (χ0v) is 15.6. The monoisotopic (exact) mass is 354 g/mol. The highest BCUT2D eigenvalue weighted by atomic mass is 19.1. The molecule has 1 amide bonds. The lowest BCUT2D eigenvalue weighted by Crippen LogP contribution is -2.23. The van der Waals surface area contributed by atoms with Crippen molar-refractivity contribution in [3.8, 4) is 0 Å². The van der Waals surface area contributed by atoms with E-state index in [0.717, 1.165) is 39.1 Å². The van der Waals surface area contributed by atoms with Crippen LogP contribution in [0.2, 0.25) is 0 Å². The molecule has 0 atom stereocenters. The molecule has 0 fully saturated rings. The molecule has 0 aliphatic heterocycles. The highest BCUT2D eigenvalue weighted by Gasteiger charge is 2.16. The van der Waals surface area contributed by atoms with Gasteiger partial charge in [0.25, 0.3) is 0 Å². The predicted molar refractivity (Wildman–Crippen MR) is 99.3 cm³/mol. The number of hydrogen-bond acceptors (Lipinski definition) is 3. The predicted octanol–water partition coefficient (Wildman–Crippen LogP) is 3.28. The molecular formula is C20H23FN4O. The molecule has 1 aromatic carbocycles. The minimum atomic E-state index is -0.278. The van der Waals surface area contributed by atoms with Gasteiger partial charge in [0.15, 0.2) is 5.65 Å². The van der Waals surface area contributed by atoms with Gasteiger partial charge in [-0.2, -0.15) is 5.10 Å². The van der Waals surface area contributed by atoms with E-state index in [1.54, 1.807) is 16.8 Å². The Bertz CT molecular complexity index is 960. The number of nitrogens with one attached hydrogen (secondary N) is 1. The van der Waals surface area contributed by atoms with Crippen molar-refractivity contribution >= 4 is 16.9 Å². The van der Waals surface area contributed by atoms with E-state index < -0.39 is 0 Å². The quantitative estimate of drug-likeness (QED) is 0.765. The standard InChI is InChI=1S/C20H23FN4O/c1-12-17(13(2)23-20-19(12)14(3)24-25(20)4)9-10-18(26)22-11-15-5-7-16(21)8-6-15/h5-8H,9-11H2,1-4H3,(H,22,26). The highest BCUT2D eigenvalue weighted by Crippen LogP contribution is 2.25. The van der Waals surface area contributed by atoms with Crippen molar-refractivity contribution in [1.82, 2.24) is 20.1 Å². The first kappa shape index (κ1) is 18.0. The first-order valence-corrected chi connectivity index (χ1v) is 8.67. The second-order valence-corrected chi connectivity index (χ2v) is 6.61. The summed E-state index contributed by atoms with van der Waals surface area (Å²) in [6.45, 7) is 6.42. The Morgan fingerprint density at radius 1 is 1.15 bits per heavy atom. The lowest BCUT2D eigenvalue weighted by Gasteiger charge is -2.11. The van der Waals surface area contributed by atoms with E-state index in [4.69, 9.17) is 0 Å². The van der Waals surface area contributed by atoms with Crippen molar-refractivity contribution in [3.63, 3.8) is 0 Å². The SMILES string of the molecule is Cc1nc2c(c(C)nn2C)c(C)c1CCC(=O)NCc1ccc(F)cc1. The molecule has 136 valence electrons. The number of amides is 1. The van der Waals surface area contributed by atoms with Crippen LogP contribution in [-0.4, -0.2) is 20.7 Å². The van der Waals surface area contributed by atoms with E-state index in [0.29, 0.717) is 19.4 Å². The molecule has 6 heteroatoms. The molecule has 0 aliphatic carbocycles. The largest absolute Gasteiger partial charge is 0.352 e. The molecule has 0 radical (unpaired) electrons. The summed E-state index contributed by atoms with van der Waals surface area (Å²) < 4.78 is 14.7. The van der Waals surface area contributed by atoms with Crippen molar-refractivity contribution in [1.29, 1.82) is 0 Å². The number of pyridine rings is 1. The van der Waals surface area contributed by atoms with Crippen LogP contribution in [0.15, 0.2) is 24.3 Å². The smallest absolute Gasteiger partial charge is 0.220 e. The van der Waals surface area contributed by atoms with Crippen molar-refractivity contribution in [3.05, 3.63) is 58.2 Å². The summed E-state index contributed by atoms with van der Waals surface area (Å²) in [6.07, 6.45) is 1.01. The van der Waals surface area contributed by atoms with E-state index in [-0.39, 0.29) is 11.7 Å². The summed E-state index contributed by atoms with van der Waals surface area (Å²) >= 11 is 0. The fraction of sp³-hybridized carbons (Fsp3) is 0.350. The lowest BCUT2D eigenvalue weighted by atomic mass is 9.99. The molecule has 0 saturated carbocycles. The number of benzene rings is 1. The third-order valence-corrected chi connectivity index (χ3v) is 4.73. The molecule has 0 aliphatic rings. The number of nitrogens with zero attached hydrogens (tertiary/aromatic N) is 3. The zero-order valence-electron chi connectivity index (χ0n) is 15.6. The second kappa shape index (κ2) is 7.23. The van der Waals surface area contributed by atoms with E-state index in [1.807, 2.05) is 20.9 Å². The highest BCUT2D eigenvalue weighted by molar-refractivity contribution is 5.84. The summed E-state index contributed by atoms with van der Waals surface area (Å²) in [6, 6.07) is 6.14. The third-order valence-electron chi connectivity index (χ3n) is 4.73. The molecule has 0 unspecified atom stereocenters. The summed E-state index contributed by atoms with van der Waals surface area (Å²) in [5.41, 5.74) is 5.89. The van der Waals surface area contributed by atoms with Crippen molar-refractivity contribution < 1.29 is 9.18 Å². The van der Waals surface area contributed by atoms with E-state index in [1.165, 1.54) is 12.1 Å². The Labute approximate surface area is 152 Å². The van der Waals surface area contributed by atoms with Crippen molar-refractivity contribution in [2.24, 2.45) is 7.05 Å². The average Bonchev–Trinajstić information content (AvgIpc) is 2.88. The average molecular weight is 354 g/mol. The van der Waals surface area contributed by atoms with Crippen LogP contribution in [0.5, 0.6) is 0 Å². The molecule has 2 heterocycles. The number of rotatable bonds is 5. The lowest BCUT2D eigenvalue weighted by molar-refractivity contribution is -0.121. The molecule has 26 heavy (non-hydrogen) atoms. The van der Waals surface area contributed by atoms with Crippen LogP contribution < -0.4 is 5.32 Å². The second-order valence-electron chi connectivity index (χ2n) is 6.61. The molecule has 0 spiro atoms. The van der Waals surface area contributed by atoms with Gasteiger partial charge in [0.2, 0.25) is 5.91 Å². The van der Waals surface area contributed by atoms with Gasteiger partial charge in [0.05, 0.1) is 5.69 Å². The number of carbonyl (C=O) groups excluding carboxylic acids is 1. The summed E-state index contributed by atoms with van der Waals surface area (Å²) in [5.74, 6) is -0.309. The first-order chi connectivity index (χ1) is 12.4. The molecular weight excluding hydrogens is 331 g/mol. The van der Waals surface area contributed by atoms with Crippen LogP contribution in [0.4, 0.5) is 4.39 Å². The fourth-order valence-corrected chi connectivity index (χ4v) is 3.36. The molecule has 3 rings (SSSR count). The molecule has 0 bridgehead atoms. The number of carbonyl (C=O) groups is 1. The maximum Gasteiger partial charge on any atom is 0.220 e. The van der Waals surface area contributed by atoms with Gasteiger partial charge in [0.1, 0.15) is 5.82 Å². The van der Waals surface area contributed by atoms with Gasteiger partial charge in [-0.15, -0.1) is 0 Å². The van der Waals surface area contributed by atoms with Gasteiger partial charge in [0, 0.05) is 31.1 Å². The molecule has 3 aromatic rings. The van der Waals surface area contributed by atoms with Gasteiger partial charge in [-0.25, -0.2) is 9.37 Å². The van der Waals surface area contributed by atoms with Crippen LogP contribution >= 0.6 is 0 Å². The topological polar surface area (TPSA) is 59.8 Å². The Hall–Kier alpha value is -2.76. The number of hydrogen-bond donors (Lipinski definition) is 1. The van der Waals surface area contributed by atoms with E-state index >= 15 is 0 Å². The molecule has 2 aromatic heterocycles. The maximum atomic E-state index is 12.9. The van der Waals surface area contributed by atoms with Gasteiger partial charge in [-0.05, 0) is 56.0 Å². The van der Waals surface area contributed by atoms with Gasteiger partial charge in [-0.1, -0.05) is 12.1 Å². The van der Waals surface area contributed by atoms with Gasteiger partial charge < -0.3 is 5.32 Å². The molecule has 5 nitrogen and oxygen atoms in total. The first-order valence-electron chi connectivity index (χ1n) is 8.67. The summed E-state index contributed by atoms with van der Waals surface area (Å²) in [7, 11) is 1.89. The third kappa shape index (κ3) is 3.59. The van der Waals surface area contributed by atoms with Crippen molar-refractivity contribution in [2.75, 3.05) is 0 Å². The number of aryl methyl sites for hydroxylation is 4. The summed E-state index contributed by atoms with van der Waals surface area (Å²) in [5, 5.41) is 8.40. The number of halogens is 1. The Kier molecular flexibility index (Phi) is 5.02. The van der Waals surface area contributed by atoms with Crippen LogP contribution in [-0.2, 0) is 24.8 Å². The Balaban J connectivity index is 1.68. The fourth-order valence-electron chi connectivity index (χ4n) is 3.36.